The summed E-state index contributed by atoms with van der Waals surface area (Å²) in [4.78, 5) is 0. The Morgan fingerprint density at radius 1 is 1.50 bits per heavy atom. The molecule has 1 unspecified atom stereocenters. The van der Waals surface area contributed by atoms with Crippen molar-refractivity contribution in [2.75, 3.05) is 6.66 Å². The van der Waals surface area contributed by atoms with Gasteiger partial charge in [0.15, 0.2) is 0 Å². The topological polar surface area (TPSA) is 26.3 Å². The average Bonchev–Trinajstić information content (AvgIpc) is 1.21. The SMILES string of the molecule is CC(C)OP(C)(=O)F.[Cr].[Mg]. The fourth-order valence-electron chi connectivity index (χ4n) is 0.377. The van der Waals surface area contributed by atoms with Crippen molar-refractivity contribution in [2.24, 2.45) is 0 Å². The molecule has 0 aromatic heterocycles. The quantitative estimate of drug-likeness (QED) is 0.520. The minimum absolute atomic E-state index is 0. The molecule has 0 saturated heterocycles. The molecule has 1 atom stereocenters. The molecular formula is C4H10CrFMgO2P. The number of rotatable bonds is 2. The number of halogens is 1. The number of hydrogen-bond donors (Lipinski definition) is 0. The predicted octanol–water partition coefficient (Wildman–Crippen LogP) is 1.82. The van der Waals surface area contributed by atoms with Gasteiger partial charge in [0.2, 0.25) is 0 Å². The first kappa shape index (κ1) is 17.5. The van der Waals surface area contributed by atoms with Crippen molar-refractivity contribution >= 4 is 30.7 Å². The summed E-state index contributed by atoms with van der Waals surface area (Å²) in [6.45, 7) is 4.22. The second kappa shape index (κ2) is 7.09. The van der Waals surface area contributed by atoms with E-state index in [0.717, 1.165) is 6.66 Å². The van der Waals surface area contributed by atoms with Crippen LogP contribution >= 0.6 is 7.68 Å². The van der Waals surface area contributed by atoms with Gasteiger partial charge in [-0.25, -0.2) is 0 Å². The van der Waals surface area contributed by atoms with E-state index < -0.39 is 7.68 Å². The van der Waals surface area contributed by atoms with Gasteiger partial charge >= 0.3 is 7.68 Å². The predicted molar refractivity (Wildman–Crippen MR) is 36.6 cm³/mol. The average molecular weight is 216 g/mol. The Hall–Kier alpha value is 1.42. The van der Waals surface area contributed by atoms with Gasteiger partial charge in [-0.3, -0.25) is 4.57 Å². The maximum Gasteiger partial charge on any atom is 0.364 e. The van der Waals surface area contributed by atoms with Gasteiger partial charge in [0.25, 0.3) is 0 Å². The van der Waals surface area contributed by atoms with Crippen LogP contribution in [0.15, 0.2) is 0 Å². The van der Waals surface area contributed by atoms with E-state index in [2.05, 4.69) is 4.52 Å². The zero-order chi connectivity index (χ0) is 6.78. The van der Waals surface area contributed by atoms with Gasteiger partial charge in [-0.1, -0.05) is 0 Å². The van der Waals surface area contributed by atoms with Gasteiger partial charge in [-0.05, 0) is 13.8 Å². The fourth-order valence-corrected chi connectivity index (χ4v) is 1.13. The van der Waals surface area contributed by atoms with E-state index in [-0.39, 0.29) is 46.5 Å². The van der Waals surface area contributed by atoms with Crippen LogP contribution in [0.5, 0.6) is 0 Å². The van der Waals surface area contributed by atoms with Crippen LogP contribution in [0.2, 0.25) is 0 Å². The first-order valence-electron chi connectivity index (χ1n) is 2.37. The normalized spacial score (nSPS) is 14.9. The van der Waals surface area contributed by atoms with E-state index in [4.69, 9.17) is 0 Å². The van der Waals surface area contributed by atoms with Crippen LogP contribution in [-0.2, 0) is 26.4 Å². The Morgan fingerprint density at radius 3 is 1.80 bits per heavy atom. The van der Waals surface area contributed by atoms with Crippen LogP contribution in [0.3, 0.4) is 0 Å². The molecule has 2 nitrogen and oxygen atoms in total. The summed E-state index contributed by atoms with van der Waals surface area (Å²) in [7, 11) is -3.72. The molecule has 0 saturated carbocycles. The van der Waals surface area contributed by atoms with Crippen LogP contribution in [0.4, 0.5) is 4.20 Å². The van der Waals surface area contributed by atoms with Crippen molar-refractivity contribution in [3.63, 3.8) is 0 Å². The summed E-state index contributed by atoms with van der Waals surface area (Å²) in [5, 5.41) is 0. The molecule has 6 heteroatoms. The van der Waals surface area contributed by atoms with Crippen molar-refractivity contribution in [3.05, 3.63) is 0 Å². The van der Waals surface area contributed by atoms with E-state index in [1.165, 1.54) is 0 Å². The Morgan fingerprint density at radius 2 is 1.80 bits per heavy atom. The Labute approximate surface area is 87.8 Å². The first-order valence-corrected chi connectivity index (χ1v) is 4.33. The molecule has 0 heterocycles. The monoisotopic (exact) mass is 216 g/mol. The molecule has 0 rings (SSSR count). The van der Waals surface area contributed by atoms with Crippen LogP contribution in [0.1, 0.15) is 13.8 Å². The Balaban J connectivity index is -0.000000245. The van der Waals surface area contributed by atoms with E-state index >= 15 is 0 Å². The molecule has 2 radical (unpaired) electrons. The van der Waals surface area contributed by atoms with Gasteiger partial charge < -0.3 is 4.52 Å². The zero-order valence-corrected chi connectivity index (χ0v) is 9.92. The molecule has 0 spiro atoms. The van der Waals surface area contributed by atoms with Crippen LogP contribution in [0, 0.1) is 0 Å². The standard InChI is InChI=1S/C4H10FO2P.Cr.Mg/c1-4(2)7-8(3,5)6;;/h4H,1-3H3;;. The Kier molecular flexibility index (Phi) is 12.4. The molecule has 0 aliphatic carbocycles. The Bertz CT molecular complexity index is 116. The fraction of sp³-hybridized carbons (Fsp3) is 1.00. The summed E-state index contributed by atoms with van der Waals surface area (Å²) < 4.78 is 26.4. The van der Waals surface area contributed by atoms with Gasteiger partial charge in [0, 0.05) is 47.1 Å². The molecule has 10 heavy (non-hydrogen) atoms. The summed E-state index contributed by atoms with van der Waals surface area (Å²) in [5.74, 6) is 0. The van der Waals surface area contributed by atoms with E-state index in [1.54, 1.807) is 13.8 Å². The summed E-state index contributed by atoms with van der Waals surface area (Å²) in [6.07, 6.45) is -0.296. The molecule has 0 amide bonds. The third-order valence-corrected chi connectivity index (χ3v) is 1.20. The summed E-state index contributed by atoms with van der Waals surface area (Å²) in [6, 6.07) is 0. The van der Waals surface area contributed by atoms with Crippen LogP contribution in [0.25, 0.3) is 0 Å². The molecule has 0 aliphatic heterocycles. The van der Waals surface area contributed by atoms with Crippen molar-refractivity contribution in [1.82, 2.24) is 0 Å². The molecule has 0 aromatic rings. The molecule has 0 bridgehead atoms. The molecule has 0 N–H and O–H groups in total. The molecular weight excluding hydrogens is 206 g/mol. The van der Waals surface area contributed by atoms with Crippen molar-refractivity contribution in [1.29, 1.82) is 0 Å². The second-order valence-electron chi connectivity index (χ2n) is 1.90. The largest absolute Gasteiger partial charge is 0.364 e. The van der Waals surface area contributed by atoms with E-state index in [1.807, 2.05) is 0 Å². The van der Waals surface area contributed by atoms with Crippen molar-refractivity contribution in [3.8, 4) is 0 Å². The summed E-state index contributed by atoms with van der Waals surface area (Å²) in [5.41, 5.74) is 0. The van der Waals surface area contributed by atoms with Crippen LogP contribution < -0.4 is 0 Å². The van der Waals surface area contributed by atoms with Gasteiger partial charge in [0.05, 0.1) is 6.10 Å². The van der Waals surface area contributed by atoms with E-state index in [0.29, 0.717) is 0 Å². The third-order valence-electron chi connectivity index (χ3n) is 0.399. The van der Waals surface area contributed by atoms with E-state index in [9.17, 15) is 8.76 Å². The molecule has 0 aromatic carbocycles. The van der Waals surface area contributed by atoms with Gasteiger partial charge in [-0.2, -0.15) is 4.20 Å². The van der Waals surface area contributed by atoms with Gasteiger partial charge in [0.1, 0.15) is 0 Å². The number of hydrogen-bond acceptors (Lipinski definition) is 2. The minimum Gasteiger partial charge on any atom is -0.303 e. The minimum atomic E-state index is -3.72. The molecule has 58 valence electrons. The van der Waals surface area contributed by atoms with Crippen LogP contribution in [-0.4, -0.2) is 35.8 Å². The second-order valence-corrected chi connectivity index (χ2v) is 3.61. The smallest absolute Gasteiger partial charge is 0.303 e. The maximum absolute atomic E-state index is 12.0. The maximum atomic E-state index is 12.0. The first-order chi connectivity index (χ1) is 3.42. The van der Waals surface area contributed by atoms with Gasteiger partial charge in [-0.15, -0.1) is 0 Å². The third kappa shape index (κ3) is 16.2. The summed E-state index contributed by atoms with van der Waals surface area (Å²) >= 11 is 0. The van der Waals surface area contributed by atoms with Crippen molar-refractivity contribution in [2.45, 2.75) is 20.0 Å². The molecule has 0 fully saturated rings. The molecule has 0 aliphatic rings. The zero-order valence-electron chi connectivity index (χ0n) is 6.33. The van der Waals surface area contributed by atoms with Crippen molar-refractivity contribution < 1.29 is 30.6 Å².